The van der Waals surface area contributed by atoms with Crippen LogP contribution in [0.1, 0.15) is 6.92 Å². The molecule has 0 spiro atoms. The predicted octanol–water partition coefficient (Wildman–Crippen LogP) is 3.02. The molecule has 0 aliphatic rings. The van der Waals surface area contributed by atoms with Crippen molar-refractivity contribution in [1.29, 1.82) is 0 Å². The first-order valence-electron chi connectivity index (χ1n) is 6.51. The van der Waals surface area contributed by atoms with Gasteiger partial charge in [0.15, 0.2) is 10.1 Å². The molecule has 0 aromatic carbocycles. The van der Waals surface area contributed by atoms with Gasteiger partial charge in [-0.15, -0.1) is 20.4 Å². The number of thioether (sulfide) groups is 2. The number of anilines is 1. The Hall–Kier alpha value is -1.85. The number of carbonyl (C=O) groups excluding carboxylic acids is 1. The summed E-state index contributed by atoms with van der Waals surface area (Å²) < 4.78 is 11.4. The average Bonchev–Trinajstić information content (AvgIpc) is 3.27. The van der Waals surface area contributed by atoms with Gasteiger partial charge in [0.05, 0.1) is 12.0 Å². The summed E-state index contributed by atoms with van der Waals surface area (Å²) in [7, 11) is 0. The molecule has 8 nitrogen and oxygen atoms in total. The van der Waals surface area contributed by atoms with E-state index in [1.807, 2.05) is 6.92 Å². The largest absolute Gasteiger partial charge is 0.459 e. The molecule has 11 heteroatoms. The molecular weight excluding hydrogens is 358 g/mol. The minimum Gasteiger partial charge on any atom is -0.459 e. The van der Waals surface area contributed by atoms with Crippen LogP contribution in [0.15, 0.2) is 36.8 Å². The van der Waals surface area contributed by atoms with Crippen LogP contribution in [0.2, 0.25) is 0 Å². The Bertz CT molecular complexity index is 771. The number of hydrogen-bond acceptors (Lipinski definition) is 10. The summed E-state index contributed by atoms with van der Waals surface area (Å²) >= 11 is 4.07. The van der Waals surface area contributed by atoms with Crippen LogP contribution >= 0.6 is 34.9 Å². The zero-order valence-electron chi connectivity index (χ0n) is 11.9. The van der Waals surface area contributed by atoms with Gasteiger partial charge in [-0.25, -0.2) is 0 Å². The first-order chi connectivity index (χ1) is 11.2. The van der Waals surface area contributed by atoms with Crippen molar-refractivity contribution < 1.29 is 13.6 Å². The lowest BCUT2D eigenvalue weighted by Crippen LogP contribution is -2.13. The Labute approximate surface area is 143 Å². The van der Waals surface area contributed by atoms with Gasteiger partial charge in [0.2, 0.25) is 11.0 Å². The van der Waals surface area contributed by atoms with Gasteiger partial charge in [-0.2, -0.15) is 0 Å². The highest BCUT2D eigenvalue weighted by atomic mass is 32.2. The highest BCUT2D eigenvalue weighted by Gasteiger charge is 2.14. The standard InChI is InChI=1S/C12H11N5O3S3/c1-2-21-12-17-15-10(23-12)13-8(18)6-22-11-16-14-9(20-11)7-4-3-5-19-7/h3-5H,2,6H2,1H3,(H,13,15,18). The molecule has 0 bridgehead atoms. The molecule has 0 atom stereocenters. The number of aromatic nitrogens is 4. The topological polar surface area (TPSA) is 107 Å². The van der Waals surface area contributed by atoms with Crippen LogP contribution in [-0.4, -0.2) is 37.8 Å². The lowest BCUT2D eigenvalue weighted by atomic mass is 10.5. The molecule has 0 unspecified atom stereocenters. The van der Waals surface area contributed by atoms with Gasteiger partial charge < -0.3 is 8.83 Å². The van der Waals surface area contributed by atoms with E-state index in [-0.39, 0.29) is 17.6 Å². The van der Waals surface area contributed by atoms with Gasteiger partial charge in [-0.3, -0.25) is 10.1 Å². The van der Waals surface area contributed by atoms with Crippen LogP contribution in [0.25, 0.3) is 11.7 Å². The Morgan fingerprint density at radius 1 is 1.30 bits per heavy atom. The summed E-state index contributed by atoms with van der Waals surface area (Å²) in [5.74, 6) is 1.60. The Balaban J connectivity index is 1.50. The van der Waals surface area contributed by atoms with Crippen molar-refractivity contribution in [3.8, 4) is 11.7 Å². The molecule has 1 amide bonds. The van der Waals surface area contributed by atoms with E-state index in [4.69, 9.17) is 8.83 Å². The van der Waals surface area contributed by atoms with Crippen LogP contribution in [0.4, 0.5) is 5.13 Å². The summed E-state index contributed by atoms with van der Waals surface area (Å²) in [4.78, 5) is 11.9. The average molecular weight is 369 g/mol. The minimum absolute atomic E-state index is 0.135. The minimum atomic E-state index is -0.211. The van der Waals surface area contributed by atoms with Crippen LogP contribution in [0.3, 0.4) is 0 Å². The Morgan fingerprint density at radius 2 is 2.22 bits per heavy atom. The highest BCUT2D eigenvalue weighted by Crippen LogP contribution is 2.26. The molecule has 0 aliphatic carbocycles. The first-order valence-corrected chi connectivity index (χ1v) is 9.29. The summed E-state index contributed by atoms with van der Waals surface area (Å²) in [6, 6.07) is 3.45. The predicted molar refractivity (Wildman–Crippen MR) is 87.7 cm³/mol. The van der Waals surface area contributed by atoms with Crippen molar-refractivity contribution >= 4 is 45.9 Å². The van der Waals surface area contributed by atoms with E-state index in [1.165, 1.54) is 17.6 Å². The lowest BCUT2D eigenvalue weighted by molar-refractivity contribution is -0.113. The highest BCUT2D eigenvalue weighted by molar-refractivity contribution is 8.01. The van der Waals surface area contributed by atoms with Crippen LogP contribution in [0, 0.1) is 0 Å². The molecule has 3 aromatic heterocycles. The zero-order chi connectivity index (χ0) is 16.1. The van der Waals surface area contributed by atoms with Crippen molar-refractivity contribution in [3.63, 3.8) is 0 Å². The van der Waals surface area contributed by atoms with Crippen molar-refractivity contribution in [3.05, 3.63) is 18.4 Å². The van der Waals surface area contributed by atoms with E-state index >= 15 is 0 Å². The maximum Gasteiger partial charge on any atom is 0.284 e. The fourth-order valence-electron chi connectivity index (χ4n) is 1.49. The van der Waals surface area contributed by atoms with E-state index in [0.717, 1.165) is 21.9 Å². The number of furan rings is 1. The van der Waals surface area contributed by atoms with Crippen LogP contribution < -0.4 is 5.32 Å². The fourth-order valence-corrected chi connectivity index (χ4v) is 3.72. The fraction of sp³-hybridized carbons (Fsp3) is 0.250. The molecule has 0 aliphatic heterocycles. The van der Waals surface area contributed by atoms with Gasteiger partial charge in [-0.1, -0.05) is 41.8 Å². The maximum atomic E-state index is 11.9. The number of carbonyl (C=O) groups is 1. The van der Waals surface area contributed by atoms with Gasteiger partial charge >= 0.3 is 0 Å². The maximum absolute atomic E-state index is 11.9. The smallest absolute Gasteiger partial charge is 0.284 e. The second-order valence-corrected chi connectivity index (χ2v) is 7.41. The van der Waals surface area contributed by atoms with Crippen LogP contribution in [-0.2, 0) is 4.79 Å². The molecule has 3 aromatic rings. The number of nitrogens with one attached hydrogen (secondary N) is 1. The zero-order valence-corrected chi connectivity index (χ0v) is 14.3. The molecule has 0 fully saturated rings. The van der Waals surface area contributed by atoms with E-state index in [2.05, 4.69) is 25.7 Å². The summed E-state index contributed by atoms with van der Waals surface area (Å²) in [6.07, 6.45) is 1.52. The third-order valence-corrected chi connectivity index (χ3v) is 5.06. The molecule has 23 heavy (non-hydrogen) atoms. The normalized spacial score (nSPS) is 10.8. The van der Waals surface area contributed by atoms with E-state index in [0.29, 0.717) is 16.1 Å². The lowest BCUT2D eigenvalue weighted by Gasteiger charge is -1.97. The molecule has 3 rings (SSSR count). The third kappa shape index (κ3) is 4.33. The molecule has 0 saturated carbocycles. The van der Waals surface area contributed by atoms with Crippen molar-refractivity contribution in [2.45, 2.75) is 16.5 Å². The summed E-state index contributed by atoms with van der Waals surface area (Å²) in [6.45, 7) is 2.03. The first kappa shape index (κ1) is 16.0. The molecule has 120 valence electrons. The number of amides is 1. The van der Waals surface area contributed by atoms with E-state index in [9.17, 15) is 4.79 Å². The van der Waals surface area contributed by atoms with Gasteiger partial charge in [0, 0.05) is 0 Å². The number of nitrogens with zero attached hydrogens (tertiary/aromatic N) is 4. The second kappa shape index (κ2) is 7.62. The second-order valence-electron chi connectivity index (χ2n) is 3.99. The summed E-state index contributed by atoms with van der Waals surface area (Å²) in [5, 5.41) is 19.1. The monoisotopic (exact) mass is 369 g/mol. The number of hydrogen-bond donors (Lipinski definition) is 1. The molecule has 0 radical (unpaired) electrons. The number of rotatable bonds is 7. The van der Waals surface area contributed by atoms with Gasteiger partial charge in [0.1, 0.15) is 0 Å². The van der Waals surface area contributed by atoms with Crippen LogP contribution in [0.5, 0.6) is 0 Å². The SMILES string of the molecule is CCSc1nnc(NC(=O)CSc2nnc(-c3ccco3)o2)s1. The molecule has 3 heterocycles. The molecule has 1 N–H and O–H groups in total. The third-order valence-electron chi connectivity index (χ3n) is 2.39. The Kier molecular flexibility index (Phi) is 5.31. The molecular formula is C12H11N5O3S3. The van der Waals surface area contributed by atoms with E-state index < -0.39 is 0 Å². The van der Waals surface area contributed by atoms with Gasteiger partial charge in [0.25, 0.3) is 11.1 Å². The summed E-state index contributed by atoms with van der Waals surface area (Å²) in [5.41, 5.74) is 0. The van der Waals surface area contributed by atoms with Crippen molar-refractivity contribution in [1.82, 2.24) is 20.4 Å². The van der Waals surface area contributed by atoms with Crippen molar-refractivity contribution in [2.75, 3.05) is 16.8 Å². The van der Waals surface area contributed by atoms with Gasteiger partial charge in [-0.05, 0) is 17.9 Å². The Morgan fingerprint density at radius 3 is 3.00 bits per heavy atom. The van der Waals surface area contributed by atoms with E-state index in [1.54, 1.807) is 23.9 Å². The quantitative estimate of drug-likeness (QED) is 0.496. The molecule has 0 saturated heterocycles. The van der Waals surface area contributed by atoms with Crippen molar-refractivity contribution in [2.24, 2.45) is 0 Å².